The van der Waals surface area contributed by atoms with E-state index in [9.17, 15) is 9.59 Å². The molecule has 0 bridgehead atoms. The molecule has 0 radical (unpaired) electrons. The zero-order valence-electron chi connectivity index (χ0n) is 15.8. The van der Waals surface area contributed by atoms with Gasteiger partial charge in [-0.2, -0.15) is 0 Å². The highest BCUT2D eigenvalue weighted by atomic mass is 16.6. The Bertz CT molecular complexity index is 810. The van der Waals surface area contributed by atoms with Crippen molar-refractivity contribution >= 4 is 17.5 Å². The third kappa shape index (κ3) is 5.39. The summed E-state index contributed by atoms with van der Waals surface area (Å²) < 4.78 is 16.5. The minimum Gasteiger partial charge on any atom is -0.493 e. The van der Waals surface area contributed by atoms with E-state index in [4.69, 9.17) is 14.2 Å². The van der Waals surface area contributed by atoms with Crippen LogP contribution in [0.1, 0.15) is 13.3 Å². The number of hydrogen-bond donors (Lipinski definition) is 1. The number of para-hydroxylation sites is 1. The van der Waals surface area contributed by atoms with E-state index in [-0.39, 0.29) is 31.4 Å². The molecule has 0 fully saturated rings. The summed E-state index contributed by atoms with van der Waals surface area (Å²) >= 11 is 0. The Morgan fingerprint density at radius 1 is 1.07 bits per heavy atom. The quantitative estimate of drug-likeness (QED) is 0.757. The van der Waals surface area contributed by atoms with Crippen molar-refractivity contribution in [2.45, 2.75) is 13.3 Å². The van der Waals surface area contributed by atoms with Gasteiger partial charge in [0, 0.05) is 18.3 Å². The number of nitrogens with one attached hydrogen (secondary N) is 1. The Kier molecular flexibility index (Phi) is 6.73. The Labute approximate surface area is 164 Å². The van der Waals surface area contributed by atoms with Crippen molar-refractivity contribution in [3.63, 3.8) is 0 Å². The smallest absolute Gasteiger partial charge is 0.243 e. The number of nitrogens with zero attached hydrogens (tertiary/aromatic N) is 1. The van der Waals surface area contributed by atoms with Crippen LogP contribution < -0.4 is 19.5 Å². The van der Waals surface area contributed by atoms with E-state index in [0.717, 1.165) is 5.75 Å². The van der Waals surface area contributed by atoms with Crippen LogP contribution in [-0.4, -0.2) is 49.6 Å². The predicted octanol–water partition coefficient (Wildman–Crippen LogP) is 2.71. The van der Waals surface area contributed by atoms with Crippen LogP contribution >= 0.6 is 0 Å². The molecule has 7 heteroatoms. The number of benzene rings is 2. The number of anilines is 1. The molecule has 0 aromatic heterocycles. The Morgan fingerprint density at radius 2 is 1.82 bits per heavy atom. The molecule has 1 aliphatic rings. The number of carbonyl (C=O) groups is 2. The van der Waals surface area contributed by atoms with Gasteiger partial charge in [-0.1, -0.05) is 18.2 Å². The van der Waals surface area contributed by atoms with E-state index < -0.39 is 0 Å². The van der Waals surface area contributed by atoms with Crippen LogP contribution in [0, 0.1) is 0 Å². The third-order valence-electron chi connectivity index (χ3n) is 4.22. The largest absolute Gasteiger partial charge is 0.493 e. The lowest BCUT2D eigenvalue weighted by Crippen LogP contribution is -2.38. The molecule has 2 amide bonds. The maximum Gasteiger partial charge on any atom is 0.243 e. The minimum atomic E-state index is -0.268. The number of amides is 2. The van der Waals surface area contributed by atoms with Crippen LogP contribution in [0.15, 0.2) is 48.5 Å². The summed E-state index contributed by atoms with van der Waals surface area (Å²) in [5, 5.41) is 2.79. The summed E-state index contributed by atoms with van der Waals surface area (Å²) in [4.78, 5) is 26.2. The first kappa shape index (κ1) is 19.5. The third-order valence-corrected chi connectivity index (χ3v) is 4.22. The number of likely N-dealkylation sites (N-methyl/N-ethyl adjacent to an activating group) is 1. The lowest BCUT2D eigenvalue weighted by atomic mass is 10.2. The van der Waals surface area contributed by atoms with Gasteiger partial charge in [0.25, 0.3) is 0 Å². The summed E-state index contributed by atoms with van der Waals surface area (Å²) in [6.45, 7) is 3.53. The average molecular weight is 384 g/mol. The van der Waals surface area contributed by atoms with Crippen molar-refractivity contribution in [3.05, 3.63) is 48.5 Å². The van der Waals surface area contributed by atoms with Crippen LogP contribution in [0.3, 0.4) is 0 Å². The Hall–Kier alpha value is -3.22. The second-order valence-corrected chi connectivity index (χ2v) is 6.23. The summed E-state index contributed by atoms with van der Waals surface area (Å²) in [5.41, 5.74) is 0.602. The van der Waals surface area contributed by atoms with Gasteiger partial charge >= 0.3 is 0 Å². The van der Waals surface area contributed by atoms with E-state index in [1.54, 1.807) is 18.2 Å². The molecule has 7 nitrogen and oxygen atoms in total. The molecule has 1 aliphatic heterocycles. The molecule has 0 unspecified atom stereocenters. The van der Waals surface area contributed by atoms with Crippen LogP contribution in [0.2, 0.25) is 0 Å². The first-order valence-electron chi connectivity index (χ1n) is 9.31. The minimum absolute atomic E-state index is 0.0187. The normalized spacial score (nSPS) is 12.2. The number of fused-ring (bicyclic) bond motifs is 1. The SMILES string of the molecule is CCN(CC(=O)Nc1ccc2c(c1)OCCO2)C(=O)CCOc1ccccc1. The zero-order chi connectivity index (χ0) is 19.8. The highest BCUT2D eigenvalue weighted by Gasteiger charge is 2.17. The van der Waals surface area contributed by atoms with E-state index in [0.29, 0.717) is 36.9 Å². The summed E-state index contributed by atoms with van der Waals surface area (Å²) in [6, 6.07) is 14.5. The molecule has 1 N–H and O–H groups in total. The molecule has 0 spiro atoms. The fourth-order valence-electron chi connectivity index (χ4n) is 2.80. The number of hydrogen-bond acceptors (Lipinski definition) is 5. The van der Waals surface area contributed by atoms with E-state index in [1.165, 1.54) is 4.90 Å². The summed E-state index contributed by atoms with van der Waals surface area (Å²) in [6.07, 6.45) is 0.208. The molecular weight excluding hydrogens is 360 g/mol. The molecule has 28 heavy (non-hydrogen) atoms. The predicted molar refractivity (Wildman–Crippen MR) is 105 cm³/mol. The van der Waals surface area contributed by atoms with Gasteiger partial charge in [0.15, 0.2) is 11.5 Å². The highest BCUT2D eigenvalue weighted by molar-refractivity contribution is 5.94. The maximum atomic E-state index is 12.4. The van der Waals surface area contributed by atoms with Gasteiger partial charge in [-0.25, -0.2) is 0 Å². The lowest BCUT2D eigenvalue weighted by molar-refractivity contribution is -0.134. The monoisotopic (exact) mass is 384 g/mol. The van der Waals surface area contributed by atoms with Crippen molar-refractivity contribution in [2.24, 2.45) is 0 Å². The molecule has 0 saturated carbocycles. The maximum absolute atomic E-state index is 12.4. The van der Waals surface area contributed by atoms with E-state index in [1.807, 2.05) is 37.3 Å². The van der Waals surface area contributed by atoms with Crippen molar-refractivity contribution in [2.75, 3.05) is 38.2 Å². The molecule has 148 valence electrons. The van der Waals surface area contributed by atoms with Crippen molar-refractivity contribution in [1.29, 1.82) is 0 Å². The van der Waals surface area contributed by atoms with Crippen LogP contribution in [0.4, 0.5) is 5.69 Å². The van der Waals surface area contributed by atoms with Crippen molar-refractivity contribution < 1.29 is 23.8 Å². The second-order valence-electron chi connectivity index (χ2n) is 6.23. The number of carbonyl (C=O) groups excluding carboxylic acids is 2. The van der Waals surface area contributed by atoms with Gasteiger partial charge in [-0.05, 0) is 31.2 Å². The number of ether oxygens (including phenoxy) is 3. The fraction of sp³-hybridized carbons (Fsp3) is 0.333. The van der Waals surface area contributed by atoms with E-state index in [2.05, 4.69) is 5.32 Å². The molecule has 0 atom stereocenters. The fourth-order valence-corrected chi connectivity index (χ4v) is 2.80. The Morgan fingerprint density at radius 3 is 2.57 bits per heavy atom. The highest BCUT2D eigenvalue weighted by Crippen LogP contribution is 2.32. The van der Waals surface area contributed by atoms with Crippen LogP contribution in [0.5, 0.6) is 17.2 Å². The first-order valence-corrected chi connectivity index (χ1v) is 9.31. The van der Waals surface area contributed by atoms with Gasteiger partial charge in [-0.15, -0.1) is 0 Å². The van der Waals surface area contributed by atoms with Crippen molar-refractivity contribution in [1.82, 2.24) is 4.90 Å². The number of rotatable bonds is 8. The zero-order valence-corrected chi connectivity index (χ0v) is 15.8. The molecular formula is C21H24N2O5. The standard InChI is InChI=1S/C21H24N2O5/c1-2-23(21(25)10-11-26-17-6-4-3-5-7-17)15-20(24)22-16-8-9-18-19(14-16)28-13-12-27-18/h3-9,14H,2,10-13,15H2,1H3,(H,22,24). The van der Waals surface area contributed by atoms with Gasteiger partial charge in [0.05, 0.1) is 19.6 Å². The van der Waals surface area contributed by atoms with E-state index >= 15 is 0 Å². The summed E-state index contributed by atoms with van der Waals surface area (Å²) in [5.74, 6) is 1.58. The molecule has 2 aromatic carbocycles. The topological polar surface area (TPSA) is 77.1 Å². The van der Waals surface area contributed by atoms with Crippen LogP contribution in [-0.2, 0) is 9.59 Å². The average Bonchev–Trinajstić information content (AvgIpc) is 2.72. The van der Waals surface area contributed by atoms with Gasteiger partial charge in [0.2, 0.25) is 11.8 Å². The Balaban J connectivity index is 1.47. The summed E-state index contributed by atoms with van der Waals surface area (Å²) in [7, 11) is 0. The molecule has 0 aliphatic carbocycles. The van der Waals surface area contributed by atoms with Gasteiger partial charge in [-0.3, -0.25) is 9.59 Å². The molecule has 1 heterocycles. The van der Waals surface area contributed by atoms with Gasteiger partial charge < -0.3 is 24.4 Å². The van der Waals surface area contributed by atoms with Gasteiger partial charge in [0.1, 0.15) is 19.0 Å². The molecule has 3 rings (SSSR count). The second kappa shape index (κ2) is 9.64. The van der Waals surface area contributed by atoms with Crippen LogP contribution in [0.25, 0.3) is 0 Å². The van der Waals surface area contributed by atoms with Crippen molar-refractivity contribution in [3.8, 4) is 17.2 Å². The molecule has 2 aromatic rings. The molecule has 0 saturated heterocycles. The lowest BCUT2D eigenvalue weighted by Gasteiger charge is -2.21. The first-order chi connectivity index (χ1) is 13.7.